The van der Waals surface area contributed by atoms with Gasteiger partial charge in [0, 0.05) is 25.3 Å². The minimum absolute atomic E-state index is 0.560. The van der Waals surface area contributed by atoms with Crippen LogP contribution in [0.15, 0.2) is 24.3 Å². The summed E-state index contributed by atoms with van der Waals surface area (Å²) in [6, 6.07) is 9.66. The Morgan fingerprint density at radius 2 is 1.95 bits per heavy atom. The summed E-state index contributed by atoms with van der Waals surface area (Å²) in [7, 11) is 4.27. The third-order valence-electron chi connectivity index (χ3n) is 4.02. The van der Waals surface area contributed by atoms with E-state index in [1.54, 1.807) is 0 Å². The maximum Gasteiger partial charge on any atom is 0.0541 e. The summed E-state index contributed by atoms with van der Waals surface area (Å²) in [6.07, 6.45) is 2.36. The fraction of sp³-hybridized carbons (Fsp3) is 0.625. The van der Waals surface area contributed by atoms with Crippen LogP contribution in [0.3, 0.4) is 0 Å². The quantitative estimate of drug-likeness (QED) is 0.894. The highest BCUT2D eigenvalue weighted by Crippen LogP contribution is 2.21. The lowest BCUT2D eigenvalue weighted by atomic mass is 10.1. The van der Waals surface area contributed by atoms with E-state index in [0.29, 0.717) is 6.04 Å². The van der Waals surface area contributed by atoms with Crippen LogP contribution in [0.5, 0.6) is 0 Å². The maximum absolute atomic E-state index is 3.34. The van der Waals surface area contributed by atoms with Gasteiger partial charge in [0.15, 0.2) is 0 Å². The van der Waals surface area contributed by atoms with Crippen molar-refractivity contribution in [3.05, 3.63) is 29.8 Å². The first-order valence-corrected chi connectivity index (χ1v) is 7.43. The minimum atomic E-state index is 0.560. The molecule has 1 N–H and O–H groups in total. The molecule has 1 aromatic rings. The smallest absolute Gasteiger partial charge is 0.0541 e. The fourth-order valence-corrected chi connectivity index (χ4v) is 2.92. The predicted molar refractivity (Wildman–Crippen MR) is 83.0 cm³/mol. The molecule has 1 fully saturated rings. The number of nitrogens with one attached hydrogen (secondary N) is 1. The van der Waals surface area contributed by atoms with Crippen molar-refractivity contribution in [1.29, 1.82) is 0 Å². The van der Waals surface area contributed by atoms with E-state index in [-0.39, 0.29) is 0 Å². The van der Waals surface area contributed by atoms with Crippen molar-refractivity contribution in [3.8, 4) is 0 Å². The number of hydrogen-bond donors (Lipinski definition) is 1. The van der Waals surface area contributed by atoms with Gasteiger partial charge in [-0.25, -0.2) is 0 Å². The van der Waals surface area contributed by atoms with Crippen LogP contribution in [0.1, 0.15) is 18.9 Å². The summed E-state index contributed by atoms with van der Waals surface area (Å²) in [5.74, 6) is 0. The Morgan fingerprint density at radius 3 is 2.58 bits per heavy atom. The molecule has 106 valence electrons. The van der Waals surface area contributed by atoms with Gasteiger partial charge in [0.05, 0.1) is 6.04 Å². The summed E-state index contributed by atoms with van der Waals surface area (Å²) in [5.41, 5.74) is 2.79. The second-order valence-corrected chi connectivity index (χ2v) is 5.54. The van der Waals surface area contributed by atoms with Crippen molar-refractivity contribution in [2.75, 3.05) is 45.2 Å². The highest BCUT2D eigenvalue weighted by molar-refractivity contribution is 5.49. The van der Waals surface area contributed by atoms with E-state index >= 15 is 0 Å². The van der Waals surface area contributed by atoms with Crippen LogP contribution in [0.4, 0.5) is 5.69 Å². The maximum atomic E-state index is 3.34. The molecule has 1 aromatic carbocycles. The van der Waals surface area contributed by atoms with Crippen molar-refractivity contribution in [2.24, 2.45) is 0 Å². The first-order valence-electron chi connectivity index (χ1n) is 7.43. The van der Waals surface area contributed by atoms with Gasteiger partial charge in [0.25, 0.3) is 0 Å². The number of nitrogens with zero attached hydrogens (tertiary/aromatic N) is 2. The van der Waals surface area contributed by atoms with Crippen molar-refractivity contribution >= 4 is 5.69 Å². The van der Waals surface area contributed by atoms with Gasteiger partial charge in [-0.15, -0.1) is 0 Å². The van der Waals surface area contributed by atoms with Crippen molar-refractivity contribution in [3.63, 3.8) is 0 Å². The minimum Gasteiger partial charge on any atom is -0.366 e. The SMILES string of the molecule is CCc1ccc(N2CCCN(C)CC2CNC)cc1. The zero-order chi connectivity index (χ0) is 13.7. The zero-order valence-electron chi connectivity index (χ0n) is 12.5. The highest BCUT2D eigenvalue weighted by atomic mass is 15.2. The Balaban J connectivity index is 2.17. The van der Waals surface area contributed by atoms with Crippen LogP contribution in [0, 0.1) is 0 Å². The van der Waals surface area contributed by atoms with Crippen LogP contribution in [0.25, 0.3) is 0 Å². The van der Waals surface area contributed by atoms with Crippen molar-refractivity contribution < 1.29 is 0 Å². The number of likely N-dealkylation sites (N-methyl/N-ethyl adjacent to an activating group) is 2. The molecular formula is C16H27N3. The second-order valence-electron chi connectivity index (χ2n) is 5.54. The van der Waals surface area contributed by atoms with Gasteiger partial charge in [-0.1, -0.05) is 19.1 Å². The topological polar surface area (TPSA) is 18.5 Å². The molecule has 2 rings (SSSR count). The van der Waals surface area contributed by atoms with Crippen molar-refractivity contribution in [2.45, 2.75) is 25.8 Å². The monoisotopic (exact) mass is 261 g/mol. The summed E-state index contributed by atoms with van der Waals surface area (Å²) < 4.78 is 0. The third-order valence-corrected chi connectivity index (χ3v) is 4.02. The molecule has 0 amide bonds. The number of benzene rings is 1. The molecule has 0 aliphatic carbocycles. The molecule has 1 saturated heterocycles. The first kappa shape index (κ1) is 14.4. The zero-order valence-corrected chi connectivity index (χ0v) is 12.5. The van der Waals surface area contributed by atoms with E-state index < -0.39 is 0 Å². The Bertz CT molecular complexity index is 374. The highest BCUT2D eigenvalue weighted by Gasteiger charge is 2.22. The van der Waals surface area contributed by atoms with E-state index in [1.165, 1.54) is 24.2 Å². The molecule has 1 atom stereocenters. The lowest BCUT2D eigenvalue weighted by molar-refractivity contribution is 0.328. The van der Waals surface area contributed by atoms with Gasteiger partial charge in [-0.2, -0.15) is 0 Å². The first-order chi connectivity index (χ1) is 9.24. The molecule has 3 nitrogen and oxygen atoms in total. The van der Waals surface area contributed by atoms with Gasteiger partial charge >= 0.3 is 0 Å². The van der Waals surface area contributed by atoms with E-state index in [0.717, 1.165) is 26.1 Å². The van der Waals surface area contributed by atoms with Gasteiger partial charge in [-0.05, 0) is 51.2 Å². The van der Waals surface area contributed by atoms with E-state index in [2.05, 4.69) is 53.4 Å². The Morgan fingerprint density at radius 1 is 1.21 bits per heavy atom. The summed E-state index contributed by atoms with van der Waals surface area (Å²) >= 11 is 0. The van der Waals surface area contributed by atoms with Crippen LogP contribution < -0.4 is 10.2 Å². The number of rotatable bonds is 4. The van der Waals surface area contributed by atoms with Crippen LogP contribution in [-0.2, 0) is 6.42 Å². The normalized spacial score (nSPS) is 21.4. The van der Waals surface area contributed by atoms with E-state index in [1.807, 2.05) is 7.05 Å². The molecule has 1 unspecified atom stereocenters. The molecule has 1 heterocycles. The number of hydrogen-bond acceptors (Lipinski definition) is 3. The molecule has 0 radical (unpaired) electrons. The van der Waals surface area contributed by atoms with Crippen LogP contribution >= 0.6 is 0 Å². The molecule has 1 aliphatic rings. The second kappa shape index (κ2) is 6.92. The average Bonchev–Trinajstić information content (AvgIpc) is 2.61. The molecule has 0 bridgehead atoms. The van der Waals surface area contributed by atoms with Crippen LogP contribution in [-0.4, -0.2) is 51.2 Å². The summed E-state index contributed by atoms with van der Waals surface area (Å²) in [6.45, 7) is 6.74. The Hall–Kier alpha value is -1.06. The van der Waals surface area contributed by atoms with Gasteiger partial charge in [0.2, 0.25) is 0 Å². The fourth-order valence-electron chi connectivity index (χ4n) is 2.92. The largest absolute Gasteiger partial charge is 0.366 e. The summed E-state index contributed by atoms with van der Waals surface area (Å²) in [5, 5.41) is 3.34. The third kappa shape index (κ3) is 3.71. The molecule has 3 heteroatoms. The van der Waals surface area contributed by atoms with Crippen molar-refractivity contribution in [1.82, 2.24) is 10.2 Å². The van der Waals surface area contributed by atoms with E-state index in [4.69, 9.17) is 0 Å². The van der Waals surface area contributed by atoms with Gasteiger partial charge in [0.1, 0.15) is 0 Å². The Labute approximate surface area is 117 Å². The number of aryl methyl sites for hydroxylation is 1. The van der Waals surface area contributed by atoms with Gasteiger partial charge in [-0.3, -0.25) is 0 Å². The molecule has 0 spiro atoms. The molecule has 0 saturated carbocycles. The lowest BCUT2D eigenvalue weighted by Crippen LogP contribution is -2.46. The summed E-state index contributed by atoms with van der Waals surface area (Å²) in [4.78, 5) is 5.02. The van der Waals surface area contributed by atoms with Gasteiger partial charge < -0.3 is 15.1 Å². The number of anilines is 1. The lowest BCUT2D eigenvalue weighted by Gasteiger charge is -2.33. The Kier molecular flexibility index (Phi) is 5.23. The standard InChI is InChI=1S/C16H27N3/c1-4-14-6-8-15(9-7-14)19-11-5-10-18(3)13-16(19)12-17-2/h6-9,16-17H,4-5,10-13H2,1-3H3. The molecule has 19 heavy (non-hydrogen) atoms. The molecule has 1 aliphatic heterocycles. The predicted octanol–water partition coefficient (Wildman–Crippen LogP) is 1.98. The van der Waals surface area contributed by atoms with Crippen LogP contribution in [0.2, 0.25) is 0 Å². The van der Waals surface area contributed by atoms with E-state index in [9.17, 15) is 0 Å². The average molecular weight is 261 g/mol. The molecule has 0 aromatic heterocycles. The molecular weight excluding hydrogens is 234 g/mol.